The second kappa shape index (κ2) is 4.24. The summed E-state index contributed by atoms with van der Waals surface area (Å²) in [5, 5.41) is 8.33. The summed E-state index contributed by atoms with van der Waals surface area (Å²) in [5.41, 5.74) is -1.06. The van der Waals surface area contributed by atoms with Gasteiger partial charge in [0.15, 0.2) is 0 Å². The van der Waals surface area contributed by atoms with Crippen molar-refractivity contribution in [1.29, 1.82) is 0 Å². The first-order valence-corrected chi connectivity index (χ1v) is 4.00. The van der Waals surface area contributed by atoms with E-state index in [4.69, 9.17) is 5.11 Å². The minimum Gasteiger partial charge on any atom is -0.481 e. The predicted octanol–water partition coefficient (Wildman–Crippen LogP) is 1.51. The topological polar surface area (TPSA) is 63.1 Å². The second-order valence-corrected chi connectivity index (χ2v) is 2.75. The molecule has 0 radical (unpaired) electrons. The van der Waals surface area contributed by atoms with Gasteiger partial charge in [-0.25, -0.2) is 9.97 Å². The Balaban J connectivity index is 2.79. The summed E-state index contributed by atoms with van der Waals surface area (Å²) >= 11 is 0. The lowest BCUT2D eigenvalue weighted by Crippen LogP contribution is -2.11. The van der Waals surface area contributed by atoms with Gasteiger partial charge in [-0.3, -0.25) is 4.79 Å². The van der Waals surface area contributed by atoms with Crippen molar-refractivity contribution >= 4 is 5.97 Å². The molecule has 1 N–H and O–H groups in total. The lowest BCUT2D eigenvalue weighted by molar-refractivity contribution is -0.141. The van der Waals surface area contributed by atoms with Gasteiger partial charge in [0.25, 0.3) is 0 Å². The summed E-state index contributed by atoms with van der Waals surface area (Å²) in [6.07, 6.45) is -3.96. The maximum absolute atomic E-state index is 12.2. The van der Waals surface area contributed by atoms with Gasteiger partial charge in [0.2, 0.25) is 0 Å². The number of hydrogen-bond donors (Lipinski definition) is 1. The number of aromatic nitrogens is 2. The number of halogens is 3. The van der Waals surface area contributed by atoms with Crippen molar-refractivity contribution in [2.24, 2.45) is 0 Å². The van der Waals surface area contributed by atoms with E-state index >= 15 is 0 Å². The smallest absolute Gasteiger partial charge is 0.433 e. The van der Waals surface area contributed by atoms with Crippen LogP contribution in [0.1, 0.15) is 17.9 Å². The maximum Gasteiger partial charge on any atom is 0.433 e. The molecule has 0 unspecified atom stereocenters. The zero-order chi connectivity index (χ0) is 11.5. The zero-order valence-corrected chi connectivity index (χ0v) is 7.45. The fraction of sp³-hybridized carbons (Fsp3) is 0.375. The van der Waals surface area contributed by atoms with Gasteiger partial charge in [-0.15, -0.1) is 0 Å². The first-order valence-electron chi connectivity index (χ1n) is 4.00. The first kappa shape index (κ1) is 11.4. The summed E-state index contributed by atoms with van der Waals surface area (Å²) < 4.78 is 36.5. The van der Waals surface area contributed by atoms with E-state index in [2.05, 4.69) is 9.97 Å². The fourth-order valence-electron chi connectivity index (χ4n) is 0.896. The molecule has 0 atom stereocenters. The molecular weight excluding hydrogens is 213 g/mol. The zero-order valence-electron chi connectivity index (χ0n) is 7.45. The number of aryl methyl sites for hydroxylation is 1. The van der Waals surface area contributed by atoms with Gasteiger partial charge in [0.1, 0.15) is 11.5 Å². The van der Waals surface area contributed by atoms with Crippen LogP contribution >= 0.6 is 0 Å². The van der Waals surface area contributed by atoms with E-state index in [0.29, 0.717) is 0 Å². The molecule has 0 fully saturated rings. The number of carboxylic acids is 1. The molecule has 82 valence electrons. The van der Waals surface area contributed by atoms with Crippen molar-refractivity contribution in [3.63, 3.8) is 0 Å². The van der Waals surface area contributed by atoms with Gasteiger partial charge >= 0.3 is 12.1 Å². The summed E-state index contributed by atoms with van der Waals surface area (Å²) in [7, 11) is 0. The Morgan fingerprint density at radius 2 is 2.13 bits per heavy atom. The summed E-state index contributed by atoms with van der Waals surface area (Å²) in [6.45, 7) is 0. The largest absolute Gasteiger partial charge is 0.481 e. The van der Waals surface area contributed by atoms with E-state index in [0.717, 1.165) is 12.3 Å². The molecular formula is C8H7F3N2O2. The third-order valence-electron chi connectivity index (χ3n) is 1.56. The Morgan fingerprint density at radius 1 is 1.47 bits per heavy atom. The molecule has 0 aliphatic carbocycles. The maximum atomic E-state index is 12.2. The van der Waals surface area contributed by atoms with Crippen LogP contribution in [0.15, 0.2) is 12.3 Å². The Labute approximate surface area is 82.8 Å². The Kier molecular flexibility index (Phi) is 3.23. The highest BCUT2D eigenvalue weighted by Gasteiger charge is 2.32. The van der Waals surface area contributed by atoms with Crippen LogP contribution < -0.4 is 0 Å². The summed E-state index contributed by atoms with van der Waals surface area (Å²) in [6, 6.07) is 0.740. The van der Waals surface area contributed by atoms with Crippen molar-refractivity contribution in [3.8, 4) is 0 Å². The van der Waals surface area contributed by atoms with E-state index in [9.17, 15) is 18.0 Å². The van der Waals surface area contributed by atoms with Crippen LogP contribution in [0.4, 0.5) is 13.2 Å². The van der Waals surface area contributed by atoms with Crippen LogP contribution in [0.2, 0.25) is 0 Å². The standard InChI is InChI=1S/C8H7F3N2O2/c9-8(10,11)5-3-4-12-6(13-5)1-2-7(14)15/h3-4H,1-2H2,(H,14,15). The number of nitrogens with zero attached hydrogens (tertiary/aromatic N) is 2. The molecule has 4 nitrogen and oxygen atoms in total. The lowest BCUT2D eigenvalue weighted by Gasteiger charge is -2.05. The van der Waals surface area contributed by atoms with Crippen molar-refractivity contribution in [1.82, 2.24) is 9.97 Å². The van der Waals surface area contributed by atoms with Crippen LogP contribution in [-0.4, -0.2) is 21.0 Å². The molecule has 1 aromatic rings. The number of carbonyl (C=O) groups is 1. The number of hydrogen-bond acceptors (Lipinski definition) is 3. The third kappa shape index (κ3) is 3.53. The fourth-order valence-corrected chi connectivity index (χ4v) is 0.896. The van der Waals surface area contributed by atoms with Gasteiger partial charge in [-0.05, 0) is 6.07 Å². The van der Waals surface area contributed by atoms with E-state index in [-0.39, 0.29) is 18.7 Å². The monoisotopic (exact) mass is 220 g/mol. The molecule has 0 amide bonds. The number of aliphatic carboxylic acids is 1. The van der Waals surface area contributed by atoms with Crippen LogP contribution in [0.25, 0.3) is 0 Å². The third-order valence-corrected chi connectivity index (χ3v) is 1.56. The van der Waals surface area contributed by atoms with Crippen molar-refractivity contribution in [2.45, 2.75) is 19.0 Å². The summed E-state index contributed by atoms with van der Waals surface area (Å²) in [5.74, 6) is -1.22. The molecule has 15 heavy (non-hydrogen) atoms. The molecule has 0 aliphatic heterocycles. The second-order valence-electron chi connectivity index (χ2n) is 2.75. The van der Waals surface area contributed by atoms with Crippen LogP contribution in [0, 0.1) is 0 Å². The Morgan fingerprint density at radius 3 is 2.67 bits per heavy atom. The first-order chi connectivity index (χ1) is 6.89. The van der Waals surface area contributed by atoms with E-state index < -0.39 is 17.8 Å². The molecule has 0 aliphatic rings. The predicted molar refractivity (Wildman–Crippen MR) is 43.0 cm³/mol. The molecule has 1 rings (SSSR count). The number of rotatable bonds is 3. The van der Waals surface area contributed by atoms with Crippen LogP contribution in [0.3, 0.4) is 0 Å². The normalized spacial score (nSPS) is 11.4. The van der Waals surface area contributed by atoms with Gasteiger partial charge in [0.05, 0.1) is 6.42 Å². The van der Waals surface area contributed by atoms with Gasteiger partial charge in [-0.1, -0.05) is 0 Å². The van der Waals surface area contributed by atoms with Crippen LogP contribution in [-0.2, 0) is 17.4 Å². The highest BCUT2D eigenvalue weighted by molar-refractivity contribution is 5.66. The van der Waals surface area contributed by atoms with E-state index in [1.165, 1.54) is 0 Å². The molecule has 1 aromatic heterocycles. The molecule has 7 heteroatoms. The van der Waals surface area contributed by atoms with Crippen molar-refractivity contribution in [3.05, 3.63) is 23.8 Å². The van der Waals surface area contributed by atoms with E-state index in [1.807, 2.05) is 0 Å². The molecule has 0 bridgehead atoms. The molecule has 1 heterocycles. The highest BCUT2D eigenvalue weighted by Crippen LogP contribution is 2.26. The van der Waals surface area contributed by atoms with Crippen molar-refractivity contribution < 1.29 is 23.1 Å². The number of alkyl halides is 3. The molecule has 0 spiro atoms. The van der Waals surface area contributed by atoms with Gasteiger partial charge < -0.3 is 5.11 Å². The average molecular weight is 220 g/mol. The molecule has 0 saturated heterocycles. The van der Waals surface area contributed by atoms with Gasteiger partial charge in [-0.2, -0.15) is 13.2 Å². The SMILES string of the molecule is O=C(O)CCc1nccc(C(F)(F)F)n1. The molecule has 0 aromatic carbocycles. The minimum absolute atomic E-state index is 0.112. The lowest BCUT2D eigenvalue weighted by atomic mass is 10.3. The van der Waals surface area contributed by atoms with Gasteiger partial charge in [0, 0.05) is 12.6 Å². The minimum atomic E-state index is -4.53. The van der Waals surface area contributed by atoms with E-state index in [1.54, 1.807) is 0 Å². The van der Waals surface area contributed by atoms with Crippen LogP contribution in [0.5, 0.6) is 0 Å². The average Bonchev–Trinajstić information content (AvgIpc) is 2.14. The Bertz CT molecular complexity index is 365. The quantitative estimate of drug-likeness (QED) is 0.838. The highest BCUT2D eigenvalue weighted by atomic mass is 19.4. The van der Waals surface area contributed by atoms with Crippen molar-refractivity contribution in [2.75, 3.05) is 0 Å². The molecule has 0 saturated carbocycles. The Hall–Kier alpha value is -1.66. The number of carboxylic acid groups (broad SMARTS) is 1. The summed E-state index contributed by atoms with van der Waals surface area (Å²) in [4.78, 5) is 16.9.